The van der Waals surface area contributed by atoms with E-state index < -0.39 is 0 Å². The maximum atomic E-state index is 4.77. The van der Waals surface area contributed by atoms with E-state index in [-0.39, 0.29) is 0 Å². The minimum atomic E-state index is 0.849. The first-order chi connectivity index (χ1) is 14.3. The highest BCUT2D eigenvalue weighted by Gasteiger charge is 2.22. The largest absolute Gasteiger partial charge is 0.368 e. The maximum absolute atomic E-state index is 4.77. The second-order valence-electron chi connectivity index (χ2n) is 7.88. The number of fused-ring (bicyclic) bond motifs is 1. The summed E-state index contributed by atoms with van der Waals surface area (Å²) in [5, 5.41) is 0. The molecule has 1 aromatic heterocycles. The lowest BCUT2D eigenvalue weighted by atomic mass is 10.00. The SMILES string of the molecule is Cc1nc(N2CCN(c3ccccc3)CC2)cc(N2CCc3ccccc3C2)n1. The van der Waals surface area contributed by atoms with Gasteiger partial charge in [-0.15, -0.1) is 0 Å². The summed E-state index contributed by atoms with van der Waals surface area (Å²) in [6.45, 7) is 7.92. The summed E-state index contributed by atoms with van der Waals surface area (Å²) in [5.74, 6) is 2.95. The first-order valence-corrected chi connectivity index (χ1v) is 10.5. The van der Waals surface area contributed by atoms with Crippen molar-refractivity contribution >= 4 is 17.3 Å². The van der Waals surface area contributed by atoms with Crippen molar-refractivity contribution < 1.29 is 0 Å². The third-order valence-electron chi connectivity index (χ3n) is 5.99. The lowest BCUT2D eigenvalue weighted by molar-refractivity contribution is 0.644. The molecule has 148 valence electrons. The van der Waals surface area contributed by atoms with Crippen LogP contribution in [-0.4, -0.2) is 42.7 Å². The molecule has 0 saturated carbocycles. The van der Waals surface area contributed by atoms with Gasteiger partial charge in [0.1, 0.15) is 17.5 Å². The van der Waals surface area contributed by atoms with Gasteiger partial charge < -0.3 is 14.7 Å². The van der Waals surface area contributed by atoms with E-state index in [2.05, 4.69) is 75.4 Å². The Morgan fingerprint density at radius 3 is 2.03 bits per heavy atom. The van der Waals surface area contributed by atoms with Crippen LogP contribution in [-0.2, 0) is 13.0 Å². The van der Waals surface area contributed by atoms with Gasteiger partial charge in [0.25, 0.3) is 0 Å². The van der Waals surface area contributed by atoms with Gasteiger partial charge in [-0.05, 0) is 36.6 Å². The van der Waals surface area contributed by atoms with Crippen molar-refractivity contribution in [3.8, 4) is 0 Å². The number of hydrogen-bond donors (Lipinski definition) is 0. The molecule has 0 atom stereocenters. The number of piperazine rings is 1. The molecule has 29 heavy (non-hydrogen) atoms. The Morgan fingerprint density at radius 1 is 0.655 bits per heavy atom. The van der Waals surface area contributed by atoms with Crippen molar-refractivity contribution in [2.24, 2.45) is 0 Å². The highest BCUT2D eigenvalue weighted by Crippen LogP contribution is 2.26. The monoisotopic (exact) mass is 385 g/mol. The number of benzene rings is 2. The number of hydrogen-bond acceptors (Lipinski definition) is 5. The van der Waals surface area contributed by atoms with Crippen LogP contribution in [0.4, 0.5) is 17.3 Å². The second kappa shape index (κ2) is 7.74. The molecule has 0 radical (unpaired) electrons. The van der Waals surface area contributed by atoms with Crippen LogP contribution in [0.25, 0.3) is 0 Å². The van der Waals surface area contributed by atoms with Gasteiger partial charge in [-0.25, -0.2) is 9.97 Å². The molecule has 0 spiro atoms. The highest BCUT2D eigenvalue weighted by atomic mass is 15.3. The predicted octanol–water partition coefficient (Wildman–Crippen LogP) is 3.67. The van der Waals surface area contributed by atoms with Crippen molar-refractivity contribution in [1.29, 1.82) is 0 Å². The summed E-state index contributed by atoms with van der Waals surface area (Å²) in [7, 11) is 0. The lowest BCUT2D eigenvalue weighted by Gasteiger charge is -2.37. The predicted molar refractivity (Wildman–Crippen MR) is 119 cm³/mol. The van der Waals surface area contributed by atoms with Gasteiger partial charge >= 0.3 is 0 Å². The van der Waals surface area contributed by atoms with Gasteiger partial charge in [-0.1, -0.05) is 42.5 Å². The Hall–Kier alpha value is -3.08. The quantitative estimate of drug-likeness (QED) is 0.687. The normalized spacial score (nSPS) is 16.7. The molecule has 5 heteroatoms. The second-order valence-corrected chi connectivity index (χ2v) is 7.88. The Kier molecular flexibility index (Phi) is 4.80. The molecule has 1 fully saturated rings. The molecule has 0 N–H and O–H groups in total. The van der Waals surface area contributed by atoms with Gasteiger partial charge in [0, 0.05) is 51.0 Å². The maximum Gasteiger partial charge on any atom is 0.134 e. The van der Waals surface area contributed by atoms with Gasteiger partial charge in [0.2, 0.25) is 0 Å². The van der Waals surface area contributed by atoms with Crippen LogP contribution in [0.15, 0.2) is 60.7 Å². The molecular weight excluding hydrogens is 358 g/mol. The van der Waals surface area contributed by atoms with Gasteiger partial charge in [-0.3, -0.25) is 0 Å². The molecular formula is C24H27N5. The highest BCUT2D eigenvalue weighted by molar-refractivity contribution is 5.54. The summed E-state index contributed by atoms with van der Waals surface area (Å²) >= 11 is 0. The van der Waals surface area contributed by atoms with Crippen LogP contribution in [0.2, 0.25) is 0 Å². The Balaban J connectivity index is 1.32. The minimum absolute atomic E-state index is 0.849. The zero-order valence-electron chi connectivity index (χ0n) is 17.0. The standard InChI is InChI=1S/C24H27N5/c1-19-25-23(28-15-13-27(14-16-28)22-9-3-2-4-10-22)17-24(26-19)29-12-11-20-7-5-6-8-21(20)18-29/h2-10,17H,11-16,18H2,1H3. The molecule has 0 unspecified atom stereocenters. The van der Waals surface area contributed by atoms with Crippen molar-refractivity contribution in [2.75, 3.05) is 47.4 Å². The molecule has 5 rings (SSSR count). The van der Waals surface area contributed by atoms with Crippen molar-refractivity contribution in [1.82, 2.24) is 9.97 Å². The Morgan fingerprint density at radius 2 is 1.28 bits per heavy atom. The molecule has 0 amide bonds. The number of anilines is 3. The molecule has 2 aromatic carbocycles. The van der Waals surface area contributed by atoms with E-state index >= 15 is 0 Å². The fourth-order valence-electron chi connectivity index (χ4n) is 4.38. The average molecular weight is 386 g/mol. The molecule has 3 aromatic rings. The molecule has 1 saturated heterocycles. The van der Waals surface area contributed by atoms with Gasteiger partial charge in [-0.2, -0.15) is 0 Å². The summed E-state index contributed by atoms with van der Waals surface area (Å²) in [4.78, 5) is 16.8. The van der Waals surface area contributed by atoms with Crippen LogP contribution in [0, 0.1) is 6.92 Å². The van der Waals surface area contributed by atoms with Crippen molar-refractivity contribution in [3.63, 3.8) is 0 Å². The number of aromatic nitrogens is 2. The van der Waals surface area contributed by atoms with Crippen LogP contribution < -0.4 is 14.7 Å². The van der Waals surface area contributed by atoms with E-state index in [1.807, 2.05) is 6.92 Å². The summed E-state index contributed by atoms with van der Waals surface area (Å²) < 4.78 is 0. The summed E-state index contributed by atoms with van der Waals surface area (Å²) in [6.07, 6.45) is 1.07. The Bertz CT molecular complexity index is 980. The zero-order chi connectivity index (χ0) is 19.6. The summed E-state index contributed by atoms with van der Waals surface area (Å²) in [6, 6.07) is 21.6. The van der Waals surface area contributed by atoms with E-state index in [0.29, 0.717) is 0 Å². The molecule has 0 aliphatic carbocycles. The van der Waals surface area contributed by atoms with E-state index in [1.165, 1.54) is 16.8 Å². The van der Waals surface area contributed by atoms with Crippen LogP contribution in [0.5, 0.6) is 0 Å². The fourth-order valence-corrected chi connectivity index (χ4v) is 4.38. The number of rotatable bonds is 3. The first-order valence-electron chi connectivity index (χ1n) is 10.5. The first kappa shape index (κ1) is 18.0. The van der Waals surface area contributed by atoms with Crippen LogP contribution >= 0.6 is 0 Å². The van der Waals surface area contributed by atoms with E-state index in [0.717, 1.165) is 63.1 Å². The fraction of sp³-hybridized carbons (Fsp3) is 0.333. The third-order valence-corrected chi connectivity index (χ3v) is 5.99. The minimum Gasteiger partial charge on any atom is -0.368 e. The smallest absolute Gasteiger partial charge is 0.134 e. The zero-order valence-corrected chi connectivity index (χ0v) is 17.0. The topological polar surface area (TPSA) is 35.5 Å². The molecule has 2 aliphatic heterocycles. The van der Waals surface area contributed by atoms with E-state index in [1.54, 1.807) is 0 Å². The number of para-hydroxylation sites is 1. The van der Waals surface area contributed by atoms with E-state index in [9.17, 15) is 0 Å². The number of nitrogens with zero attached hydrogens (tertiary/aromatic N) is 5. The third kappa shape index (κ3) is 3.77. The van der Waals surface area contributed by atoms with Crippen molar-refractivity contribution in [2.45, 2.75) is 19.9 Å². The number of aryl methyl sites for hydroxylation is 1. The summed E-state index contributed by atoms with van der Waals surface area (Å²) in [5.41, 5.74) is 4.18. The van der Waals surface area contributed by atoms with Gasteiger partial charge in [0.05, 0.1) is 0 Å². The molecule has 3 heterocycles. The van der Waals surface area contributed by atoms with Gasteiger partial charge in [0.15, 0.2) is 0 Å². The van der Waals surface area contributed by atoms with Crippen LogP contribution in [0.3, 0.4) is 0 Å². The lowest BCUT2D eigenvalue weighted by Crippen LogP contribution is -2.47. The van der Waals surface area contributed by atoms with Crippen LogP contribution in [0.1, 0.15) is 17.0 Å². The Labute approximate surface area is 172 Å². The molecule has 0 bridgehead atoms. The molecule has 5 nitrogen and oxygen atoms in total. The van der Waals surface area contributed by atoms with Crippen molar-refractivity contribution in [3.05, 3.63) is 77.6 Å². The molecule has 2 aliphatic rings. The average Bonchev–Trinajstić information content (AvgIpc) is 2.79. The van der Waals surface area contributed by atoms with E-state index in [4.69, 9.17) is 9.97 Å².